The molecule has 4 heteroatoms. The van der Waals surface area contributed by atoms with E-state index in [1.165, 1.54) is 33.0 Å². The number of benzene rings is 4. The molecule has 0 spiro atoms. The highest BCUT2D eigenvalue weighted by Gasteiger charge is 2.46. The topological polar surface area (TPSA) is 76.1 Å². The van der Waals surface area contributed by atoms with E-state index in [0.717, 1.165) is 33.5 Å². The monoisotopic (exact) mass is 530 g/mol. The zero-order valence-electron chi connectivity index (χ0n) is 24.7. The standard InChI is InChI=1S/C34H36N4.C2H6/c1-6-28(27-16-10-18-31(33(27)36)38-37-5)34(30(20-35)26-15-7-11-21(2)23(26)4)19-22(3)25-14-8-12-24-13-9-17-29(34)32(24)25;1-2/h6-18,20,37-38H,3,19,35-36H2,1-2,4-5H3;1-2H3/b28-6+,30-20+;. The van der Waals surface area contributed by atoms with Gasteiger partial charge in [-0.05, 0) is 94.8 Å². The molecule has 5 rings (SSSR count). The lowest BCUT2D eigenvalue weighted by atomic mass is 9.57. The van der Waals surface area contributed by atoms with E-state index < -0.39 is 5.41 Å². The molecule has 0 heterocycles. The summed E-state index contributed by atoms with van der Waals surface area (Å²) in [5.41, 5.74) is 30.8. The number of nitrogens with two attached hydrogens (primary N) is 2. The molecule has 0 radical (unpaired) electrons. The second-order valence-electron chi connectivity index (χ2n) is 10.1. The van der Waals surface area contributed by atoms with Crippen LogP contribution in [0.2, 0.25) is 0 Å². The number of nitrogens with one attached hydrogen (secondary N) is 2. The zero-order valence-corrected chi connectivity index (χ0v) is 24.7. The van der Waals surface area contributed by atoms with E-state index in [1.54, 1.807) is 6.20 Å². The van der Waals surface area contributed by atoms with Gasteiger partial charge >= 0.3 is 0 Å². The molecule has 4 aromatic carbocycles. The molecular weight excluding hydrogens is 488 g/mol. The van der Waals surface area contributed by atoms with Gasteiger partial charge in [-0.15, -0.1) is 0 Å². The maximum Gasteiger partial charge on any atom is 0.0724 e. The third kappa shape index (κ3) is 4.48. The fourth-order valence-corrected chi connectivity index (χ4v) is 6.31. The fourth-order valence-electron chi connectivity index (χ4n) is 6.31. The highest BCUT2D eigenvalue weighted by atomic mass is 15.3. The van der Waals surface area contributed by atoms with Crippen molar-refractivity contribution in [1.29, 1.82) is 0 Å². The number of hydrazine groups is 1. The Morgan fingerprint density at radius 1 is 0.900 bits per heavy atom. The van der Waals surface area contributed by atoms with Crippen LogP contribution >= 0.6 is 0 Å². The molecule has 0 amide bonds. The van der Waals surface area contributed by atoms with Crippen molar-refractivity contribution in [3.05, 3.63) is 125 Å². The summed E-state index contributed by atoms with van der Waals surface area (Å²) in [5, 5.41) is 2.41. The van der Waals surface area contributed by atoms with Crippen LogP contribution in [0.5, 0.6) is 0 Å². The van der Waals surface area contributed by atoms with Crippen LogP contribution in [0.25, 0.3) is 27.5 Å². The number of para-hydroxylation sites is 1. The average molecular weight is 531 g/mol. The molecule has 4 nitrogen and oxygen atoms in total. The molecule has 0 aliphatic heterocycles. The number of anilines is 2. The predicted octanol–water partition coefficient (Wildman–Crippen LogP) is 8.37. The minimum atomic E-state index is -0.612. The van der Waals surface area contributed by atoms with Gasteiger partial charge in [0.1, 0.15) is 0 Å². The first-order valence-electron chi connectivity index (χ1n) is 14.1. The summed E-state index contributed by atoms with van der Waals surface area (Å²) in [6.45, 7) is 15.0. The molecule has 0 fully saturated rings. The van der Waals surface area contributed by atoms with Crippen molar-refractivity contribution in [3.8, 4) is 0 Å². The highest BCUT2D eigenvalue weighted by molar-refractivity contribution is 6.08. The van der Waals surface area contributed by atoms with Crippen molar-refractivity contribution in [2.45, 2.75) is 46.5 Å². The molecule has 1 aliphatic rings. The first kappa shape index (κ1) is 28.7. The van der Waals surface area contributed by atoms with E-state index in [4.69, 9.17) is 11.5 Å². The van der Waals surface area contributed by atoms with Crippen LogP contribution in [-0.2, 0) is 5.41 Å². The Bertz CT molecular complexity index is 1620. The second kappa shape index (κ2) is 11.8. The fraction of sp³-hybridized carbons (Fsp3) is 0.222. The molecule has 0 saturated heterocycles. The summed E-state index contributed by atoms with van der Waals surface area (Å²) in [6.07, 6.45) is 4.68. The Kier molecular flexibility index (Phi) is 8.51. The molecule has 40 heavy (non-hydrogen) atoms. The van der Waals surface area contributed by atoms with Crippen LogP contribution in [0.1, 0.15) is 60.6 Å². The van der Waals surface area contributed by atoms with Crippen molar-refractivity contribution in [2.24, 2.45) is 5.73 Å². The zero-order chi connectivity index (χ0) is 29.0. The third-order valence-corrected chi connectivity index (χ3v) is 8.15. The Balaban J connectivity index is 0.00000181. The number of nitrogen functional groups attached to an aromatic ring is 1. The minimum Gasteiger partial charge on any atom is -0.404 e. The first-order chi connectivity index (χ1) is 19.4. The number of aryl methyl sites for hydroxylation is 1. The van der Waals surface area contributed by atoms with E-state index >= 15 is 0 Å². The smallest absolute Gasteiger partial charge is 0.0724 e. The maximum atomic E-state index is 6.86. The predicted molar refractivity (Wildman–Crippen MR) is 176 cm³/mol. The van der Waals surface area contributed by atoms with Gasteiger partial charge in [-0.1, -0.05) is 93.2 Å². The quantitative estimate of drug-likeness (QED) is 0.149. The van der Waals surface area contributed by atoms with Crippen LogP contribution in [0.15, 0.2) is 91.7 Å². The molecule has 0 bridgehead atoms. The van der Waals surface area contributed by atoms with Gasteiger partial charge in [0.2, 0.25) is 0 Å². The van der Waals surface area contributed by atoms with E-state index in [2.05, 4.69) is 105 Å². The van der Waals surface area contributed by atoms with Crippen LogP contribution in [0.4, 0.5) is 11.4 Å². The number of rotatable bonds is 6. The van der Waals surface area contributed by atoms with Crippen molar-refractivity contribution < 1.29 is 0 Å². The van der Waals surface area contributed by atoms with Crippen LogP contribution in [0.3, 0.4) is 0 Å². The van der Waals surface area contributed by atoms with Gasteiger partial charge in [0.25, 0.3) is 0 Å². The maximum absolute atomic E-state index is 6.86. The van der Waals surface area contributed by atoms with Crippen molar-refractivity contribution in [3.63, 3.8) is 0 Å². The first-order valence-corrected chi connectivity index (χ1v) is 14.1. The van der Waals surface area contributed by atoms with Gasteiger partial charge in [-0.25, -0.2) is 5.43 Å². The molecule has 4 aromatic rings. The van der Waals surface area contributed by atoms with E-state index in [0.29, 0.717) is 12.1 Å². The Hall–Kier alpha value is -4.28. The van der Waals surface area contributed by atoms with Gasteiger partial charge < -0.3 is 16.9 Å². The largest absolute Gasteiger partial charge is 0.404 e. The second-order valence-corrected chi connectivity index (χ2v) is 10.1. The molecule has 6 N–H and O–H groups in total. The van der Waals surface area contributed by atoms with Crippen LogP contribution < -0.4 is 22.3 Å². The molecule has 0 aromatic heterocycles. The SMILES string of the molecule is C=C1CC(/C(=C/C)c2cccc(NNC)c2N)(/C(=C/N)c2cccc(C)c2C)c2cccc3cccc1c23.CC. The average Bonchev–Trinajstić information content (AvgIpc) is 2.97. The lowest BCUT2D eigenvalue weighted by molar-refractivity contribution is 0.730. The molecule has 0 saturated carbocycles. The summed E-state index contributed by atoms with van der Waals surface area (Å²) in [7, 11) is 1.84. The highest BCUT2D eigenvalue weighted by Crippen LogP contribution is 2.59. The number of hydrogen-bond donors (Lipinski definition) is 4. The van der Waals surface area contributed by atoms with Gasteiger partial charge in [0.15, 0.2) is 0 Å². The summed E-state index contributed by atoms with van der Waals surface area (Å²) < 4.78 is 0. The minimum absolute atomic E-state index is 0.612. The van der Waals surface area contributed by atoms with Crippen LogP contribution in [0, 0.1) is 13.8 Å². The van der Waals surface area contributed by atoms with Gasteiger partial charge in [0, 0.05) is 12.6 Å². The molecule has 206 valence electrons. The lowest BCUT2D eigenvalue weighted by Crippen LogP contribution is -2.34. The Morgan fingerprint density at radius 3 is 2.23 bits per heavy atom. The van der Waals surface area contributed by atoms with Crippen molar-refractivity contribution in [1.82, 2.24) is 5.43 Å². The van der Waals surface area contributed by atoms with E-state index in [9.17, 15) is 0 Å². The van der Waals surface area contributed by atoms with Crippen molar-refractivity contribution >= 4 is 38.9 Å². The molecule has 1 atom stereocenters. The van der Waals surface area contributed by atoms with E-state index in [-0.39, 0.29) is 0 Å². The molecule has 1 aliphatic carbocycles. The summed E-state index contributed by atoms with van der Waals surface area (Å²) >= 11 is 0. The Morgan fingerprint density at radius 2 is 1.55 bits per heavy atom. The summed E-state index contributed by atoms with van der Waals surface area (Å²) in [5.74, 6) is 0. The van der Waals surface area contributed by atoms with Gasteiger partial charge in [0.05, 0.1) is 16.8 Å². The number of hydrogen-bond acceptors (Lipinski definition) is 4. The summed E-state index contributed by atoms with van der Waals surface area (Å²) in [4.78, 5) is 0. The Labute approximate surface area is 239 Å². The van der Waals surface area contributed by atoms with E-state index in [1.807, 2.05) is 33.0 Å². The third-order valence-electron chi connectivity index (χ3n) is 8.15. The normalized spacial score (nSPS) is 16.9. The van der Waals surface area contributed by atoms with Gasteiger partial charge in [-0.2, -0.15) is 0 Å². The number of allylic oxidation sites excluding steroid dienone is 4. The molecule has 1 unspecified atom stereocenters. The van der Waals surface area contributed by atoms with Crippen molar-refractivity contribution in [2.75, 3.05) is 18.2 Å². The lowest BCUT2D eigenvalue weighted by Gasteiger charge is -2.44. The summed E-state index contributed by atoms with van der Waals surface area (Å²) in [6, 6.07) is 25.6. The molecular formula is C36H42N4. The van der Waals surface area contributed by atoms with Gasteiger partial charge in [-0.3, -0.25) is 0 Å². The van der Waals surface area contributed by atoms with Crippen LogP contribution in [-0.4, -0.2) is 7.05 Å².